The predicted molar refractivity (Wildman–Crippen MR) is 105 cm³/mol. The fourth-order valence-electron chi connectivity index (χ4n) is 4.04. The first-order chi connectivity index (χ1) is 12.9. The lowest BCUT2D eigenvalue weighted by Gasteiger charge is -2.29. The Bertz CT molecular complexity index is 1040. The zero-order chi connectivity index (χ0) is 19.1. The Labute approximate surface area is 160 Å². The zero-order valence-corrected chi connectivity index (χ0v) is 16.3. The van der Waals surface area contributed by atoms with Crippen molar-refractivity contribution in [1.29, 1.82) is 0 Å². The lowest BCUT2D eigenvalue weighted by atomic mass is 9.97. The molecular formula is C21H20O4S2. The van der Waals surface area contributed by atoms with E-state index >= 15 is 0 Å². The van der Waals surface area contributed by atoms with Gasteiger partial charge in [-0.1, -0.05) is 60.2 Å². The van der Waals surface area contributed by atoms with E-state index in [4.69, 9.17) is 0 Å². The highest BCUT2D eigenvalue weighted by molar-refractivity contribution is 8.10. The first kappa shape index (κ1) is 18.2. The Morgan fingerprint density at radius 1 is 0.778 bits per heavy atom. The van der Waals surface area contributed by atoms with E-state index in [0.29, 0.717) is 6.42 Å². The van der Waals surface area contributed by atoms with Crippen molar-refractivity contribution < 1.29 is 16.8 Å². The zero-order valence-electron chi connectivity index (χ0n) is 14.7. The number of benzene rings is 2. The smallest absolute Gasteiger partial charge is 0.199 e. The lowest BCUT2D eigenvalue weighted by Crippen LogP contribution is -2.44. The highest BCUT2D eigenvalue weighted by atomic mass is 32.3. The average molecular weight is 401 g/mol. The summed E-state index contributed by atoms with van der Waals surface area (Å²) >= 11 is 0. The molecule has 2 aromatic rings. The molecule has 0 N–H and O–H groups in total. The van der Waals surface area contributed by atoms with Crippen molar-refractivity contribution in [1.82, 2.24) is 0 Å². The minimum Gasteiger partial charge on any atom is -0.222 e. The normalized spacial score (nSPS) is 21.5. The van der Waals surface area contributed by atoms with Crippen LogP contribution in [-0.4, -0.2) is 20.9 Å². The van der Waals surface area contributed by atoms with Crippen LogP contribution in [0.1, 0.15) is 19.3 Å². The number of sulfone groups is 2. The third kappa shape index (κ3) is 2.70. The molecule has 0 heterocycles. The Kier molecular flexibility index (Phi) is 4.35. The van der Waals surface area contributed by atoms with E-state index in [1.807, 2.05) is 18.2 Å². The van der Waals surface area contributed by atoms with Gasteiger partial charge >= 0.3 is 0 Å². The molecule has 1 unspecified atom stereocenters. The van der Waals surface area contributed by atoms with Crippen LogP contribution < -0.4 is 0 Å². The van der Waals surface area contributed by atoms with E-state index < -0.39 is 23.8 Å². The van der Waals surface area contributed by atoms with E-state index in [9.17, 15) is 16.8 Å². The second-order valence-corrected chi connectivity index (χ2v) is 11.8. The minimum atomic E-state index is -4.13. The van der Waals surface area contributed by atoms with Gasteiger partial charge in [0.2, 0.25) is 0 Å². The van der Waals surface area contributed by atoms with Crippen molar-refractivity contribution in [2.75, 3.05) is 0 Å². The third-order valence-corrected chi connectivity index (χ3v) is 11.1. The highest BCUT2D eigenvalue weighted by Crippen LogP contribution is 2.52. The van der Waals surface area contributed by atoms with Crippen LogP contribution in [0, 0.1) is 5.92 Å². The quantitative estimate of drug-likeness (QED) is 0.730. The number of fused-ring (bicyclic) bond motifs is 1. The van der Waals surface area contributed by atoms with Crippen molar-refractivity contribution in [3.63, 3.8) is 0 Å². The maximum absolute atomic E-state index is 13.7. The molecule has 0 aromatic heterocycles. The second-order valence-electron chi connectivity index (χ2n) is 6.97. The van der Waals surface area contributed by atoms with Gasteiger partial charge in [-0.3, -0.25) is 0 Å². The van der Waals surface area contributed by atoms with Crippen molar-refractivity contribution in [2.24, 2.45) is 5.92 Å². The maximum Gasteiger partial charge on any atom is 0.199 e. The van der Waals surface area contributed by atoms with Crippen LogP contribution >= 0.6 is 0 Å². The maximum atomic E-state index is 13.7. The summed E-state index contributed by atoms with van der Waals surface area (Å²) in [4.78, 5) is 0.0977. The number of allylic oxidation sites excluding steroid dienone is 4. The van der Waals surface area contributed by atoms with Gasteiger partial charge in [-0.05, 0) is 37.1 Å². The van der Waals surface area contributed by atoms with E-state index in [0.717, 1.165) is 5.57 Å². The molecule has 0 radical (unpaired) electrons. The fraction of sp³-hybridized carbons (Fsp3) is 0.238. The first-order valence-corrected chi connectivity index (χ1v) is 11.8. The van der Waals surface area contributed by atoms with E-state index in [1.54, 1.807) is 36.4 Å². The topological polar surface area (TPSA) is 68.3 Å². The molecule has 4 nitrogen and oxygen atoms in total. The summed E-state index contributed by atoms with van der Waals surface area (Å²) in [6.07, 6.45) is 6.64. The van der Waals surface area contributed by atoms with Crippen LogP contribution in [0.5, 0.6) is 0 Å². The minimum absolute atomic E-state index is 0.0104. The molecule has 1 fully saturated rings. The summed E-state index contributed by atoms with van der Waals surface area (Å²) in [5.41, 5.74) is 0.900. The third-order valence-electron chi connectivity index (χ3n) is 5.45. The molecule has 1 saturated carbocycles. The molecule has 2 aromatic carbocycles. The van der Waals surface area contributed by atoms with E-state index in [1.165, 1.54) is 24.3 Å². The van der Waals surface area contributed by atoms with Crippen molar-refractivity contribution in [2.45, 2.75) is 33.1 Å². The van der Waals surface area contributed by atoms with Crippen LogP contribution in [-0.2, 0) is 19.7 Å². The lowest BCUT2D eigenvalue weighted by molar-refractivity contribution is 0.534. The molecule has 140 valence electrons. The van der Waals surface area contributed by atoms with Gasteiger partial charge in [0.05, 0.1) is 9.79 Å². The number of rotatable bonds is 4. The summed E-state index contributed by atoms with van der Waals surface area (Å²) < 4.78 is 52.9. The molecule has 27 heavy (non-hydrogen) atoms. The van der Waals surface area contributed by atoms with Gasteiger partial charge < -0.3 is 0 Å². The van der Waals surface area contributed by atoms with Gasteiger partial charge in [-0.15, -0.1) is 0 Å². The summed E-state index contributed by atoms with van der Waals surface area (Å²) in [6.45, 7) is 0. The Balaban J connectivity index is 1.97. The monoisotopic (exact) mass is 400 g/mol. The summed E-state index contributed by atoms with van der Waals surface area (Å²) in [6, 6.07) is 15.8. The Hall–Kier alpha value is -2.18. The standard InChI is InChI=1S/C21H20O4S2/c22-26(23,19-11-3-1-4-12-19)21(15-17-9-7-8-10-18(17)16-21)27(24,25)20-13-5-2-6-14-20/h1-7,9-14,17H,8,15-16H2. The van der Waals surface area contributed by atoms with Gasteiger partial charge in [-0.2, -0.15) is 0 Å². The van der Waals surface area contributed by atoms with E-state index in [-0.39, 0.29) is 28.6 Å². The molecule has 2 aliphatic rings. The first-order valence-electron chi connectivity index (χ1n) is 8.83. The van der Waals surface area contributed by atoms with Gasteiger partial charge in [-0.25, -0.2) is 16.8 Å². The molecule has 0 saturated heterocycles. The average Bonchev–Trinajstić information content (AvgIpc) is 3.11. The van der Waals surface area contributed by atoms with Gasteiger partial charge in [0.1, 0.15) is 0 Å². The molecule has 4 rings (SSSR count). The van der Waals surface area contributed by atoms with Crippen molar-refractivity contribution in [3.8, 4) is 0 Å². The molecule has 6 heteroatoms. The number of hydrogen-bond acceptors (Lipinski definition) is 4. The van der Waals surface area contributed by atoms with E-state index in [2.05, 4.69) is 0 Å². The molecule has 0 spiro atoms. The Morgan fingerprint density at radius 3 is 1.78 bits per heavy atom. The molecular weight excluding hydrogens is 380 g/mol. The van der Waals surface area contributed by atoms with Gasteiger partial charge in [0.15, 0.2) is 23.8 Å². The van der Waals surface area contributed by atoms with Crippen molar-refractivity contribution in [3.05, 3.63) is 84.5 Å². The van der Waals surface area contributed by atoms with Crippen LogP contribution in [0.25, 0.3) is 0 Å². The van der Waals surface area contributed by atoms with Crippen LogP contribution in [0.15, 0.2) is 94.3 Å². The van der Waals surface area contributed by atoms with Crippen LogP contribution in [0.2, 0.25) is 0 Å². The molecule has 0 amide bonds. The van der Waals surface area contributed by atoms with Crippen molar-refractivity contribution >= 4 is 19.7 Å². The Morgan fingerprint density at radius 2 is 1.30 bits per heavy atom. The summed E-state index contributed by atoms with van der Waals surface area (Å²) in [5, 5.41) is 0. The summed E-state index contributed by atoms with van der Waals surface area (Å²) in [5.74, 6) is -0.157. The van der Waals surface area contributed by atoms with Crippen LogP contribution in [0.4, 0.5) is 0 Å². The number of hydrogen-bond donors (Lipinski definition) is 0. The van der Waals surface area contributed by atoms with Crippen LogP contribution in [0.3, 0.4) is 0 Å². The molecule has 2 aliphatic carbocycles. The SMILES string of the molecule is O=S(=O)(c1ccccc1)C1(S(=O)(=O)c2ccccc2)CC2=CCC=CC2C1. The summed E-state index contributed by atoms with van der Waals surface area (Å²) in [7, 11) is -8.25. The van der Waals surface area contributed by atoms with Gasteiger partial charge in [0, 0.05) is 12.3 Å². The molecule has 0 bridgehead atoms. The highest BCUT2D eigenvalue weighted by Gasteiger charge is 2.60. The largest absolute Gasteiger partial charge is 0.222 e. The predicted octanol–water partition coefficient (Wildman–Crippen LogP) is 3.93. The molecule has 0 aliphatic heterocycles. The molecule has 1 atom stereocenters. The second kappa shape index (κ2) is 6.46. The fourth-order valence-corrected chi connectivity index (χ4v) is 9.17. The van der Waals surface area contributed by atoms with Gasteiger partial charge in [0.25, 0.3) is 0 Å².